The molecule has 1 aliphatic rings. The van der Waals surface area contributed by atoms with Gasteiger partial charge in [-0.05, 0) is 42.5 Å². The topological polar surface area (TPSA) is 48.1 Å². The molecule has 1 aliphatic carbocycles. The first-order valence-corrected chi connectivity index (χ1v) is 7.09. The highest BCUT2D eigenvalue weighted by Crippen LogP contribution is 2.30. The molecule has 0 fully saturated rings. The SMILES string of the molecule is NC1CCCc2cc(OCc3cncs3)ccc21. The van der Waals surface area contributed by atoms with E-state index in [9.17, 15) is 0 Å². The van der Waals surface area contributed by atoms with Crippen LogP contribution in [-0.4, -0.2) is 4.98 Å². The quantitative estimate of drug-likeness (QED) is 0.922. The molecule has 4 heteroatoms. The maximum Gasteiger partial charge on any atom is 0.124 e. The first kappa shape index (κ1) is 11.7. The Kier molecular flexibility index (Phi) is 3.30. The maximum absolute atomic E-state index is 6.10. The van der Waals surface area contributed by atoms with Gasteiger partial charge in [-0.2, -0.15) is 0 Å². The Morgan fingerprint density at radius 3 is 3.22 bits per heavy atom. The zero-order valence-electron chi connectivity index (χ0n) is 10.1. The number of benzene rings is 1. The third-order valence-corrected chi connectivity index (χ3v) is 4.09. The molecule has 0 aliphatic heterocycles. The Balaban J connectivity index is 1.74. The summed E-state index contributed by atoms with van der Waals surface area (Å²) >= 11 is 1.62. The van der Waals surface area contributed by atoms with Gasteiger partial charge in [0.05, 0.1) is 10.4 Å². The predicted molar refractivity (Wildman–Crippen MR) is 72.8 cm³/mol. The van der Waals surface area contributed by atoms with Gasteiger partial charge in [0.15, 0.2) is 0 Å². The van der Waals surface area contributed by atoms with Crippen LogP contribution in [0.1, 0.15) is 34.9 Å². The Morgan fingerprint density at radius 2 is 2.39 bits per heavy atom. The molecule has 1 unspecified atom stereocenters. The average Bonchev–Trinajstić information content (AvgIpc) is 2.90. The van der Waals surface area contributed by atoms with Crippen molar-refractivity contribution in [1.29, 1.82) is 0 Å². The monoisotopic (exact) mass is 260 g/mol. The van der Waals surface area contributed by atoms with Crippen molar-refractivity contribution in [2.45, 2.75) is 31.9 Å². The molecule has 0 amide bonds. The second-order valence-corrected chi connectivity index (χ2v) is 5.59. The van der Waals surface area contributed by atoms with E-state index in [1.165, 1.54) is 17.5 Å². The summed E-state index contributed by atoms with van der Waals surface area (Å²) in [4.78, 5) is 5.18. The molecule has 3 rings (SSSR count). The number of nitrogens with two attached hydrogens (primary N) is 1. The molecule has 3 nitrogen and oxygen atoms in total. The van der Waals surface area contributed by atoms with E-state index in [4.69, 9.17) is 10.5 Å². The van der Waals surface area contributed by atoms with Crippen molar-refractivity contribution in [2.24, 2.45) is 5.73 Å². The lowest BCUT2D eigenvalue weighted by Crippen LogP contribution is -2.17. The lowest BCUT2D eigenvalue weighted by atomic mass is 9.88. The van der Waals surface area contributed by atoms with E-state index in [1.807, 2.05) is 17.8 Å². The van der Waals surface area contributed by atoms with Gasteiger partial charge < -0.3 is 10.5 Å². The highest BCUT2D eigenvalue weighted by molar-refractivity contribution is 7.09. The van der Waals surface area contributed by atoms with Crippen molar-refractivity contribution in [1.82, 2.24) is 4.98 Å². The van der Waals surface area contributed by atoms with Crippen LogP contribution < -0.4 is 10.5 Å². The lowest BCUT2D eigenvalue weighted by molar-refractivity contribution is 0.309. The molecule has 0 saturated carbocycles. The number of thiazole rings is 1. The Hall–Kier alpha value is -1.39. The molecule has 2 aromatic rings. The van der Waals surface area contributed by atoms with Crippen LogP contribution in [0.25, 0.3) is 0 Å². The van der Waals surface area contributed by atoms with E-state index in [0.717, 1.165) is 23.5 Å². The average molecular weight is 260 g/mol. The number of hydrogen-bond donors (Lipinski definition) is 1. The van der Waals surface area contributed by atoms with E-state index < -0.39 is 0 Å². The summed E-state index contributed by atoms with van der Waals surface area (Å²) < 4.78 is 5.78. The van der Waals surface area contributed by atoms with Crippen molar-refractivity contribution in [3.63, 3.8) is 0 Å². The highest BCUT2D eigenvalue weighted by atomic mass is 32.1. The highest BCUT2D eigenvalue weighted by Gasteiger charge is 2.16. The molecular weight excluding hydrogens is 244 g/mol. The van der Waals surface area contributed by atoms with Gasteiger partial charge in [-0.3, -0.25) is 4.98 Å². The summed E-state index contributed by atoms with van der Waals surface area (Å²) in [6.07, 6.45) is 5.22. The third kappa shape index (κ3) is 2.40. The molecule has 1 heterocycles. The number of rotatable bonds is 3. The fraction of sp³-hybridized carbons (Fsp3) is 0.357. The first-order chi connectivity index (χ1) is 8.83. The number of aryl methyl sites for hydroxylation is 1. The molecule has 94 valence electrons. The second-order valence-electron chi connectivity index (χ2n) is 4.62. The van der Waals surface area contributed by atoms with Crippen molar-refractivity contribution >= 4 is 11.3 Å². The Labute approximate surface area is 111 Å². The fourth-order valence-corrected chi connectivity index (χ4v) is 2.89. The van der Waals surface area contributed by atoms with Crippen molar-refractivity contribution < 1.29 is 4.74 Å². The van der Waals surface area contributed by atoms with Crippen LogP contribution >= 0.6 is 11.3 Å². The van der Waals surface area contributed by atoms with Gasteiger partial charge in [0, 0.05) is 12.2 Å². The van der Waals surface area contributed by atoms with E-state index in [2.05, 4.69) is 17.1 Å². The number of ether oxygens (including phenoxy) is 1. The van der Waals surface area contributed by atoms with Crippen LogP contribution in [-0.2, 0) is 13.0 Å². The second kappa shape index (κ2) is 5.08. The van der Waals surface area contributed by atoms with E-state index in [1.54, 1.807) is 11.3 Å². The summed E-state index contributed by atoms with van der Waals surface area (Å²) in [5.41, 5.74) is 10.6. The maximum atomic E-state index is 6.10. The normalized spacial score (nSPS) is 18.4. The molecule has 1 atom stereocenters. The summed E-state index contributed by atoms with van der Waals surface area (Å²) in [6, 6.07) is 6.46. The number of fused-ring (bicyclic) bond motifs is 1. The van der Waals surface area contributed by atoms with Crippen LogP contribution in [0.15, 0.2) is 29.9 Å². The Bertz CT molecular complexity index is 525. The molecule has 0 bridgehead atoms. The summed E-state index contributed by atoms with van der Waals surface area (Å²) in [6.45, 7) is 0.593. The van der Waals surface area contributed by atoms with Crippen LogP contribution in [0.4, 0.5) is 0 Å². The molecule has 0 radical (unpaired) electrons. The van der Waals surface area contributed by atoms with Gasteiger partial charge in [-0.1, -0.05) is 6.07 Å². The smallest absolute Gasteiger partial charge is 0.124 e. The van der Waals surface area contributed by atoms with Crippen LogP contribution in [0.5, 0.6) is 5.75 Å². The molecule has 18 heavy (non-hydrogen) atoms. The van der Waals surface area contributed by atoms with Gasteiger partial charge >= 0.3 is 0 Å². The predicted octanol–water partition coefficient (Wildman–Crippen LogP) is 3.06. The van der Waals surface area contributed by atoms with Crippen LogP contribution in [0.2, 0.25) is 0 Å². The molecule has 1 aromatic heterocycles. The summed E-state index contributed by atoms with van der Waals surface area (Å²) in [5.74, 6) is 0.927. The minimum absolute atomic E-state index is 0.198. The zero-order chi connectivity index (χ0) is 12.4. The zero-order valence-corrected chi connectivity index (χ0v) is 11.0. The number of hydrogen-bond acceptors (Lipinski definition) is 4. The van der Waals surface area contributed by atoms with Crippen LogP contribution in [0.3, 0.4) is 0 Å². The molecule has 1 aromatic carbocycles. The molecule has 0 spiro atoms. The number of nitrogens with zero attached hydrogens (tertiary/aromatic N) is 1. The lowest BCUT2D eigenvalue weighted by Gasteiger charge is -2.22. The summed E-state index contributed by atoms with van der Waals surface area (Å²) in [5, 5.41) is 0. The fourth-order valence-electron chi connectivity index (χ4n) is 2.39. The van der Waals surface area contributed by atoms with E-state index in [-0.39, 0.29) is 6.04 Å². The number of aromatic nitrogens is 1. The minimum Gasteiger partial charge on any atom is -0.488 e. The van der Waals surface area contributed by atoms with Crippen LogP contribution in [0, 0.1) is 0 Å². The van der Waals surface area contributed by atoms with Gasteiger partial charge in [0.25, 0.3) is 0 Å². The van der Waals surface area contributed by atoms with Gasteiger partial charge in [0.1, 0.15) is 12.4 Å². The standard InChI is InChI=1S/C14H16N2OS/c15-14-3-1-2-10-6-11(4-5-13(10)14)17-8-12-7-16-9-18-12/h4-7,9,14H,1-3,8,15H2. The first-order valence-electron chi connectivity index (χ1n) is 6.21. The van der Waals surface area contributed by atoms with Gasteiger partial charge in [-0.25, -0.2) is 0 Å². The minimum atomic E-state index is 0.198. The van der Waals surface area contributed by atoms with Gasteiger partial charge in [-0.15, -0.1) is 11.3 Å². The van der Waals surface area contributed by atoms with Crippen molar-refractivity contribution in [3.8, 4) is 5.75 Å². The van der Waals surface area contributed by atoms with Gasteiger partial charge in [0.2, 0.25) is 0 Å². The van der Waals surface area contributed by atoms with E-state index >= 15 is 0 Å². The Morgan fingerprint density at radius 1 is 1.44 bits per heavy atom. The summed E-state index contributed by atoms with van der Waals surface area (Å²) in [7, 11) is 0. The van der Waals surface area contributed by atoms with E-state index in [0.29, 0.717) is 6.61 Å². The molecular formula is C14H16N2OS. The largest absolute Gasteiger partial charge is 0.488 e. The van der Waals surface area contributed by atoms with Crippen molar-refractivity contribution in [2.75, 3.05) is 0 Å². The third-order valence-electron chi connectivity index (χ3n) is 3.34. The van der Waals surface area contributed by atoms with Crippen molar-refractivity contribution in [3.05, 3.63) is 45.9 Å². The molecule has 2 N–H and O–H groups in total. The molecule has 0 saturated heterocycles.